The lowest BCUT2D eigenvalue weighted by molar-refractivity contribution is 0.0997. The second kappa shape index (κ2) is 9.07. The third kappa shape index (κ3) is 5.33. The van der Waals surface area contributed by atoms with Gasteiger partial charge in [0.25, 0.3) is 15.9 Å². The molecule has 8 nitrogen and oxygen atoms in total. The van der Waals surface area contributed by atoms with Crippen LogP contribution in [0.5, 0.6) is 5.75 Å². The summed E-state index contributed by atoms with van der Waals surface area (Å²) in [5.74, 6) is -0.824. The molecule has 4 N–H and O–H groups in total. The Bertz CT molecular complexity index is 1240. The van der Waals surface area contributed by atoms with Gasteiger partial charge in [-0.05, 0) is 60.7 Å². The van der Waals surface area contributed by atoms with Gasteiger partial charge in [-0.25, -0.2) is 8.42 Å². The van der Waals surface area contributed by atoms with Crippen molar-refractivity contribution < 1.29 is 22.7 Å². The molecule has 0 bridgehead atoms. The maximum atomic E-state index is 12.8. The first kappa shape index (κ1) is 22.1. The van der Waals surface area contributed by atoms with E-state index in [0.717, 1.165) is 0 Å². The van der Waals surface area contributed by atoms with Crippen LogP contribution in [0.1, 0.15) is 20.7 Å². The normalized spacial score (nSPS) is 10.9. The van der Waals surface area contributed by atoms with E-state index in [9.17, 15) is 18.0 Å². The highest BCUT2D eigenvalue weighted by molar-refractivity contribution is 7.92. The Morgan fingerprint density at radius 1 is 0.968 bits per heavy atom. The van der Waals surface area contributed by atoms with Gasteiger partial charge in [0.15, 0.2) is 0 Å². The Balaban J connectivity index is 1.87. The van der Waals surface area contributed by atoms with E-state index in [0.29, 0.717) is 10.6 Å². The second-order valence-electron chi connectivity index (χ2n) is 6.37. The van der Waals surface area contributed by atoms with Gasteiger partial charge in [-0.3, -0.25) is 14.3 Å². The van der Waals surface area contributed by atoms with E-state index in [1.54, 1.807) is 18.2 Å². The lowest BCUT2D eigenvalue weighted by Crippen LogP contribution is -2.16. The number of nitrogens with one attached hydrogen (secondary N) is 2. The topological polar surface area (TPSA) is 128 Å². The molecule has 0 unspecified atom stereocenters. The first-order valence-electron chi connectivity index (χ1n) is 8.87. The van der Waals surface area contributed by atoms with Crippen molar-refractivity contribution in [1.82, 2.24) is 0 Å². The number of benzene rings is 3. The van der Waals surface area contributed by atoms with Crippen molar-refractivity contribution in [3.8, 4) is 5.75 Å². The van der Waals surface area contributed by atoms with Gasteiger partial charge in [-0.2, -0.15) is 0 Å². The second-order valence-corrected chi connectivity index (χ2v) is 8.49. The molecule has 160 valence electrons. The Morgan fingerprint density at radius 2 is 1.68 bits per heavy atom. The van der Waals surface area contributed by atoms with Crippen LogP contribution in [-0.4, -0.2) is 27.3 Å². The smallest absolute Gasteiger partial charge is 0.261 e. The average molecular weight is 460 g/mol. The molecule has 0 aliphatic carbocycles. The zero-order valence-corrected chi connectivity index (χ0v) is 17.8. The fourth-order valence-electron chi connectivity index (χ4n) is 2.69. The number of ether oxygens (including phenoxy) is 1. The molecular formula is C21H18ClN3O5S. The molecule has 0 saturated heterocycles. The largest absolute Gasteiger partial charge is 0.495 e. The molecule has 0 atom stereocenters. The number of sulfonamides is 1. The van der Waals surface area contributed by atoms with Gasteiger partial charge in [0.05, 0.1) is 17.7 Å². The first-order valence-corrected chi connectivity index (χ1v) is 10.7. The number of carbonyl (C=O) groups excluding carboxylic acids is 2. The average Bonchev–Trinajstić information content (AvgIpc) is 2.73. The zero-order valence-electron chi connectivity index (χ0n) is 16.3. The van der Waals surface area contributed by atoms with Crippen LogP contribution >= 0.6 is 11.6 Å². The van der Waals surface area contributed by atoms with Crippen LogP contribution in [0.25, 0.3) is 0 Å². The highest BCUT2D eigenvalue weighted by atomic mass is 35.5. The highest BCUT2D eigenvalue weighted by Gasteiger charge is 2.18. The summed E-state index contributed by atoms with van der Waals surface area (Å²) in [6.07, 6.45) is 0. The molecule has 0 spiro atoms. The molecule has 0 aliphatic heterocycles. The highest BCUT2D eigenvalue weighted by Crippen LogP contribution is 2.29. The van der Waals surface area contributed by atoms with Crippen molar-refractivity contribution in [2.24, 2.45) is 5.73 Å². The number of primary amides is 1. The Labute approximate surface area is 184 Å². The van der Waals surface area contributed by atoms with E-state index in [-0.39, 0.29) is 27.6 Å². The van der Waals surface area contributed by atoms with Crippen LogP contribution in [0.4, 0.5) is 11.4 Å². The maximum absolute atomic E-state index is 12.8. The molecule has 0 saturated carbocycles. The minimum Gasteiger partial charge on any atom is -0.495 e. The van der Waals surface area contributed by atoms with Crippen LogP contribution in [0.15, 0.2) is 71.6 Å². The molecule has 3 rings (SSSR count). The van der Waals surface area contributed by atoms with Crippen molar-refractivity contribution in [3.05, 3.63) is 82.9 Å². The third-order valence-corrected chi connectivity index (χ3v) is 5.85. The lowest BCUT2D eigenvalue weighted by Gasteiger charge is -2.14. The van der Waals surface area contributed by atoms with Crippen molar-refractivity contribution >= 4 is 44.8 Å². The first-order chi connectivity index (χ1) is 14.7. The third-order valence-electron chi connectivity index (χ3n) is 4.24. The number of halogens is 1. The summed E-state index contributed by atoms with van der Waals surface area (Å²) in [4.78, 5) is 23.6. The number of methoxy groups -OCH3 is 1. The molecule has 31 heavy (non-hydrogen) atoms. The van der Waals surface area contributed by atoms with Crippen molar-refractivity contribution in [3.63, 3.8) is 0 Å². The van der Waals surface area contributed by atoms with Gasteiger partial charge >= 0.3 is 0 Å². The zero-order chi connectivity index (χ0) is 22.6. The number of nitrogens with two attached hydrogens (primary N) is 1. The monoisotopic (exact) mass is 459 g/mol. The van der Waals surface area contributed by atoms with E-state index in [4.69, 9.17) is 22.1 Å². The Kier molecular flexibility index (Phi) is 6.47. The van der Waals surface area contributed by atoms with E-state index in [1.165, 1.54) is 55.6 Å². The van der Waals surface area contributed by atoms with E-state index in [1.807, 2.05) is 0 Å². The lowest BCUT2D eigenvalue weighted by atomic mass is 10.2. The Hall–Kier alpha value is -3.56. The number of rotatable bonds is 7. The predicted molar refractivity (Wildman–Crippen MR) is 118 cm³/mol. The Morgan fingerprint density at radius 3 is 2.29 bits per heavy atom. The SMILES string of the molecule is COc1ccc(S(=O)(=O)Nc2ccc(C(N)=O)cc2)cc1NC(=O)c1cccc(Cl)c1. The van der Waals surface area contributed by atoms with Crippen molar-refractivity contribution in [2.75, 3.05) is 17.1 Å². The minimum atomic E-state index is -4.00. The minimum absolute atomic E-state index is 0.103. The van der Waals surface area contributed by atoms with E-state index >= 15 is 0 Å². The van der Waals surface area contributed by atoms with Crippen molar-refractivity contribution in [2.45, 2.75) is 4.90 Å². The number of anilines is 2. The molecule has 3 aromatic rings. The van der Waals surface area contributed by atoms with Crippen molar-refractivity contribution in [1.29, 1.82) is 0 Å². The summed E-state index contributed by atoms with van der Waals surface area (Å²) in [6, 6.07) is 16.0. The predicted octanol–water partition coefficient (Wildman–Crippen LogP) is 3.50. The molecule has 3 aromatic carbocycles. The van der Waals surface area contributed by atoms with E-state index in [2.05, 4.69) is 10.0 Å². The molecule has 0 aliphatic rings. The molecule has 0 radical (unpaired) electrons. The van der Waals surface area contributed by atoms with Crippen LogP contribution in [-0.2, 0) is 10.0 Å². The number of hydrogen-bond acceptors (Lipinski definition) is 5. The molecule has 0 heterocycles. The fraction of sp³-hybridized carbons (Fsp3) is 0.0476. The molecule has 10 heteroatoms. The summed E-state index contributed by atoms with van der Waals surface area (Å²) < 4.78 is 33.2. The van der Waals surface area contributed by atoms with Crippen LogP contribution < -0.4 is 20.5 Å². The molecular weight excluding hydrogens is 442 g/mol. The quantitative estimate of drug-likeness (QED) is 0.498. The van der Waals surface area contributed by atoms with Gasteiger partial charge in [0.1, 0.15) is 5.75 Å². The van der Waals surface area contributed by atoms with Crippen LogP contribution in [0.3, 0.4) is 0 Å². The number of carbonyl (C=O) groups is 2. The summed E-state index contributed by atoms with van der Waals surface area (Å²) in [5.41, 5.74) is 6.14. The van der Waals surface area contributed by atoms with Gasteiger partial charge in [-0.1, -0.05) is 17.7 Å². The van der Waals surface area contributed by atoms with Gasteiger partial charge in [0.2, 0.25) is 5.91 Å². The summed E-state index contributed by atoms with van der Waals surface area (Å²) in [6.45, 7) is 0. The summed E-state index contributed by atoms with van der Waals surface area (Å²) in [5, 5.41) is 3.03. The standard InChI is InChI=1S/C21H18ClN3O5S/c1-30-19-10-9-17(12-18(19)24-21(27)14-3-2-4-15(22)11-14)31(28,29)25-16-7-5-13(6-8-16)20(23)26/h2-12,25H,1H3,(H2,23,26)(H,24,27). The molecule has 2 amide bonds. The summed E-state index contributed by atoms with van der Waals surface area (Å²) >= 11 is 5.92. The molecule has 0 aromatic heterocycles. The molecule has 0 fully saturated rings. The van der Waals surface area contributed by atoms with E-state index < -0.39 is 21.8 Å². The van der Waals surface area contributed by atoms with Gasteiger partial charge < -0.3 is 15.8 Å². The van der Waals surface area contributed by atoms with Gasteiger partial charge in [0, 0.05) is 21.8 Å². The fourth-order valence-corrected chi connectivity index (χ4v) is 3.97. The summed E-state index contributed by atoms with van der Waals surface area (Å²) in [7, 11) is -2.60. The number of hydrogen-bond donors (Lipinski definition) is 3. The van der Waals surface area contributed by atoms with Crippen LogP contribution in [0.2, 0.25) is 5.02 Å². The van der Waals surface area contributed by atoms with Crippen LogP contribution in [0, 0.1) is 0 Å². The number of amides is 2. The maximum Gasteiger partial charge on any atom is 0.261 e. The van der Waals surface area contributed by atoms with Gasteiger partial charge in [-0.15, -0.1) is 0 Å².